The monoisotopic (exact) mass is 431 g/mol. The summed E-state index contributed by atoms with van der Waals surface area (Å²) in [4.78, 5) is 23.5. The molecule has 9 heteroatoms. The van der Waals surface area contributed by atoms with E-state index >= 15 is 0 Å². The van der Waals surface area contributed by atoms with E-state index < -0.39 is 18.5 Å². The van der Waals surface area contributed by atoms with Gasteiger partial charge in [0.15, 0.2) is 13.2 Å². The Balaban J connectivity index is 1.43. The van der Waals surface area contributed by atoms with Crippen LogP contribution in [0.3, 0.4) is 0 Å². The minimum absolute atomic E-state index is 0.0831. The van der Waals surface area contributed by atoms with Gasteiger partial charge in [0.25, 0.3) is 5.91 Å². The third-order valence-electron chi connectivity index (χ3n) is 3.21. The topological polar surface area (TPSA) is 104 Å². The SMILES string of the molecule is O=C(COC(=O)COc1cccc(Br)c1)Nc1nnc(-c2ccccc2)o1. The molecule has 1 N–H and O–H groups in total. The van der Waals surface area contributed by atoms with Crippen molar-refractivity contribution in [1.82, 2.24) is 10.2 Å². The van der Waals surface area contributed by atoms with Crippen LogP contribution < -0.4 is 10.1 Å². The summed E-state index contributed by atoms with van der Waals surface area (Å²) in [7, 11) is 0. The molecular weight excluding hydrogens is 418 g/mol. The normalized spacial score (nSPS) is 10.3. The van der Waals surface area contributed by atoms with E-state index in [1.54, 1.807) is 30.3 Å². The van der Waals surface area contributed by atoms with Crippen LogP contribution in [-0.4, -0.2) is 35.3 Å². The maximum absolute atomic E-state index is 11.8. The summed E-state index contributed by atoms with van der Waals surface area (Å²) in [6.45, 7) is -0.813. The lowest BCUT2D eigenvalue weighted by Gasteiger charge is -2.06. The van der Waals surface area contributed by atoms with Crippen molar-refractivity contribution in [3.63, 3.8) is 0 Å². The number of amides is 1. The van der Waals surface area contributed by atoms with E-state index in [0.717, 1.165) is 10.0 Å². The standard InChI is InChI=1S/C18H14BrN3O5/c19-13-7-4-8-14(9-13)25-11-16(24)26-10-15(23)20-18-22-21-17(27-18)12-5-2-1-3-6-12/h1-9H,10-11H2,(H,20,22,23). The summed E-state index contributed by atoms with van der Waals surface area (Å²) in [5.74, 6) is -0.509. The molecule has 1 amide bonds. The van der Waals surface area contributed by atoms with E-state index in [1.807, 2.05) is 24.3 Å². The summed E-state index contributed by atoms with van der Waals surface area (Å²) in [5, 5.41) is 9.93. The fourth-order valence-electron chi connectivity index (χ4n) is 2.01. The molecule has 138 valence electrons. The van der Waals surface area contributed by atoms with E-state index in [9.17, 15) is 9.59 Å². The summed E-state index contributed by atoms with van der Waals surface area (Å²) < 4.78 is 16.3. The number of nitrogens with zero attached hydrogens (tertiary/aromatic N) is 2. The van der Waals surface area contributed by atoms with Crippen LogP contribution in [0.1, 0.15) is 0 Å². The molecule has 1 heterocycles. The molecule has 27 heavy (non-hydrogen) atoms. The Bertz CT molecular complexity index is 930. The molecule has 3 rings (SSSR count). The minimum atomic E-state index is -0.680. The second kappa shape index (κ2) is 8.95. The first-order chi connectivity index (χ1) is 13.1. The lowest BCUT2D eigenvalue weighted by atomic mass is 10.2. The van der Waals surface area contributed by atoms with Crippen molar-refractivity contribution in [3.05, 3.63) is 59.1 Å². The maximum Gasteiger partial charge on any atom is 0.344 e. The van der Waals surface area contributed by atoms with Crippen molar-refractivity contribution in [3.8, 4) is 17.2 Å². The number of ether oxygens (including phenoxy) is 2. The van der Waals surface area contributed by atoms with E-state index in [0.29, 0.717) is 5.75 Å². The van der Waals surface area contributed by atoms with E-state index in [2.05, 4.69) is 31.4 Å². The summed E-state index contributed by atoms with van der Waals surface area (Å²) in [5.41, 5.74) is 0.724. The average Bonchev–Trinajstić information content (AvgIpc) is 3.14. The van der Waals surface area contributed by atoms with Crippen molar-refractivity contribution < 1.29 is 23.5 Å². The zero-order chi connectivity index (χ0) is 19.1. The Morgan fingerprint density at radius 2 is 1.85 bits per heavy atom. The molecule has 0 aliphatic carbocycles. The molecule has 0 saturated carbocycles. The first kappa shape index (κ1) is 18.6. The third kappa shape index (κ3) is 5.65. The van der Waals surface area contributed by atoms with Gasteiger partial charge >= 0.3 is 12.0 Å². The Hall–Kier alpha value is -3.20. The lowest BCUT2D eigenvalue weighted by molar-refractivity contribution is -0.149. The lowest BCUT2D eigenvalue weighted by Crippen LogP contribution is -2.23. The molecule has 0 aliphatic rings. The van der Waals surface area contributed by atoms with Crippen LogP contribution in [0.25, 0.3) is 11.5 Å². The molecule has 0 fully saturated rings. The van der Waals surface area contributed by atoms with Gasteiger partial charge in [-0.3, -0.25) is 10.1 Å². The van der Waals surface area contributed by atoms with Gasteiger partial charge < -0.3 is 13.9 Å². The number of carbonyl (C=O) groups is 2. The molecule has 0 unspecified atom stereocenters. The van der Waals surface area contributed by atoms with Crippen molar-refractivity contribution >= 4 is 33.8 Å². The number of hydrogen-bond acceptors (Lipinski definition) is 7. The zero-order valence-electron chi connectivity index (χ0n) is 13.9. The van der Waals surface area contributed by atoms with Gasteiger partial charge in [-0.1, -0.05) is 45.3 Å². The van der Waals surface area contributed by atoms with Crippen LogP contribution in [-0.2, 0) is 14.3 Å². The molecule has 8 nitrogen and oxygen atoms in total. The highest BCUT2D eigenvalue weighted by Crippen LogP contribution is 2.19. The van der Waals surface area contributed by atoms with Crippen molar-refractivity contribution in [2.45, 2.75) is 0 Å². The number of rotatable bonds is 7. The number of nitrogens with one attached hydrogen (secondary N) is 1. The highest BCUT2D eigenvalue weighted by molar-refractivity contribution is 9.10. The quantitative estimate of drug-likeness (QED) is 0.573. The van der Waals surface area contributed by atoms with Crippen LogP contribution in [0, 0.1) is 0 Å². The second-order valence-electron chi connectivity index (χ2n) is 5.23. The highest BCUT2D eigenvalue weighted by atomic mass is 79.9. The maximum atomic E-state index is 11.8. The van der Waals surface area contributed by atoms with Gasteiger partial charge in [0.2, 0.25) is 5.89 Å². The number of esters is 1. The highest BCUT2D eigenvalue weighted by Gasteiger charge is 2.13. The van der Waals surface area contributed by atoms with Gasteiger partial charge in [0.05, 0.1) is 0 Å². The molecule has 0 atom stereocenters. The largest absolute Gasteiger partial charge is 0.482 e. The first-order valence-corrected chi connectivity index (χ1v) is 8.62. The predicted molar refractivity (Wildman–Crippen MR) is 99.0 cm³/mol. The Morgan fingerprint density at radius 1 is 1.04 bits per heavy atom. The average molecular weight is 432 g/mol. The second-order valence-corrected chi connectivity index (χ2v) is 6.15. The Morgan fingerprint density at radius 3 is 2.63 bits per heavy atom. The minimum Gasteiger partial charge on any atom is -0.482 e. The fourth-order valence-corrected chi connectivity index (χ4v) is 2.39. The summed E-state index contributed by atoms with van der Waals surface area (Å²) in [6.07, 6.45) is 0. The van der Waals surface area contributed by atoms with Crippen LogP contribution in [0.15, 0.2) is 63.5 Å². The Labute approximate surface area is 162 Å². The van der Waals surface area contributed by atoms with Gasteiger partial charge in [0, 0.05) is 10.0 Å². The molecule has 0 saturated heterocycles. The number of carbonyl (C=O) groups excluding carboxylic acids is 2. The molecule has 0 radical (unpaired) electrons. The Kier molecular flexibility index (Phi) is 6.16. The number of benzene rings is 2. The first-order valence-electron chi connectivity index (χ1n) is 7.83. The molecule has 0 spiro atoms. The van der Waals surface area contributed by atoms with Gasteiger partial charge in [-0.25, -0.2) is 4.79 Å². The molecule has 1 aromatic heterocycles. The number of anilines is 1. The third-order valence-corrected chi connectivity index (χ3v) is 3.70. The van der Waals surface area contributed by atoms with Crippen molar-refractivity contribution in [2.75, 3.05) is 18.5 Å². The van der Waals surface area contributed by atoms with Crippen molar-refractivity contribution in [1.29, 1.82) is 0 Å². The summed E-state index contributed by atoms with van der Waals surface area (Å²) >= 11 is 3.30. The number of aromatic nitrogens is 2. The number of halogens is 1. The van der Waals surface area contributed by atoms with Gasteiger partial charge in [-0.05, 0) is 30.3 Å². The molecule has 0 aliphatic heterocycles. The van der Waals surface area contributed by atoms with Gasteiger partial charge in [0.1, 0.15) is 5.75 Å². The smallest absolute Gasteiger partial charge is 0.344 e. The summed E-state index contributed by atoms with van der Waals surface area (Å²) in [6, 6.07) is 16.0. The van der Waals surface area contributed by atoms with Crippen molar-refractivity contribution in [2.24, 2.45) is 0 Å². The fraction of sp³-hybridized carbons (Fsp3) is 0.111. The number of hydrogen-bond donors (Lipinski definition) is 1. The van der Waals surface area contributed by atoms with Crippen LogP contribution in [0.2, 0.25) is 0 Å². The predicted octanol–water partition coefficient (Wildman–Crippen LogP) is 3.06. The van der Waals surface area contributed by atoms with Crippen LogP contribution in [0.4, 0.5) is 6.01 Å². The molecule has 0 bridgehead atoms. The molecule has 3 aromatic rings. The zero-order valence-corrected chi connectivity index (χ0v) is 15.5. The van der Waals surface area contributed by atoms with E-state index in [-0.39, 0.29) is 18.5 Å². The molecule has 2 aromatic carbocycles. The molecular formula is C18H14BrN3O5. The van der Waals surface area contributed by atoms with E-state index in [1.165, 1.54) is 0 Å². The van der Waals surface area contributed by atoms with Crippen LogP contribution in [0.5, 0.6) is 5.75 Å². The van der Waals surface area contributed by atoms with Crippen LogP contribution >= 0.6 is 15.9 Å². The van der Waals surface area contributed by atoms with Gasteiger partial charge in [-0.15, -0.1) is 5.10 Å². The van der Waals surface area contributed by atoms with E-state index in [4.69, 9.17) is 13.9 Å². The van der Waals surface area contributed by atoms with Gasteiger partial charge in [-0.2, -0.15) is 0 Å².